The van der Waals surface area contributed by atoms with Gasteiger partial charge in [0.1, 0.15) is 0 Å². The van der Waals surface area contributed by atoms with Gasteiger partial charge in [-0.3, -0.25) is 0 Å². The van der Waals surface area contributed by atoms with Gasteiger partial charge >= 0.3 is 0 Å². The van der Waals surface area contributed by atoms with Crippen molar-refractivity contribution in [3.05, 3.63) is 29.7 Å². The van der Waals surface area contributed by atoms with E-state index < -0.39 is 0 Å². The highest BCUT2D eigenvalue weighted by Gasteiger charge is 2.00. The standard InChI is InChI=1S/C8H9N3.2C2H6/c1-6-3-4-10-11-7(2)5-9-8(6)11;2*1-2/h3-5H,1-2H3;2*1-2H3. The molecule has 0 saturated heterocycles. The second-order valence-corrected chi connectivity index (χ2v) is 2.65. The molecule has 2 aromatic rings. The maximum atomic E-state index is 4.22. The molecule has 0 radical (unpaired) electrons. The zero-order valence-corrected chi connectivity index (χ0v) is 10.6. The number of rotatable bonds is 0. The van der Waals surface area contributed by atoms with Crippen molar-refractivity contribution in [1.82, 2.24) is 14.6 Å². The first-order chi connectivity index (χ1) is 7.29. The first-order valence-corrected chi connectivity index (χ1v) is 5.55. The molecule has 0 aromatic carbocycles. The summed E-state index contributed by atoms with van der Waals surface area (Å²) in [6, 6.07) is 1.96. The van der Waals surface area contributed by atoms with E-state index in [1.807, 2.05) is 58.3 Å². The summed E-state index contributed by atoms with van der Waals surface area (Å²) in [5.74, 6) is 0. The molecule has 3 heteroatoms. The number of aromatic nitrogens is 3. The summed E-state index contributed by atoms with van der Waals surface area (Å²) in [5, 5.41) is 4.16. The third-order valence-corrected chi connectivity index (χ3v) is 1.77. The van der Waals surface area contributed by atoms with Crippen molar-refractivity contribution in [2.45, 2.75) is 41.5 Å². The van der Waals surface area contributed by atoms with Crippen molar-refractivity contribution in [1.29, 1.82) is 0 Å². The van der Waals surface area contributed by atoms with Gasteiger partial charge in [0.2, 0.25) is 0 Å². The molecule has 0 amide bonds. The smallest absolute Gasteiger partial charge is 0.156 e. The largest absolute Gasteiger partial charge is 0.235 e. The molecule has 15 heavy (non-hydrogen) atoms. The van der Waals surface area contributed by atoms with Crippen LogP contribution in [0.15, 0.2) is 18.5 Å². The number of fused-ring (bicyclic) bond motifs is 1. The molecule has 3 nitrogen and oxygen atoms in total. The number of nitrogens with zero attached hydrogens (tertiary/aromatic N) is 3. The Morgan fingerprint density at radius 1 is 1.07 bits per heavy atom. The lowest BCUT2D eigenvalue weighted by Crippen LogP contribution is -1.93. The molecule has 2 rings (SSSR count). The molecule has 84 valence electrons. The molecule has 0 aliphatic carbocycles. The van der Waals surface area contributed by atoms with Gasteiger partial charge in [-0.05, 0) is 25.5 Å². The van der Waals surface area contributed by atoms with Gasteiger partial charge in [-0.2, -0.15) is 5.10 Å². The van der Waals surface area contributed by atoms with Crippen LogP contribution in [0.2, 0.25) is 0 Å². The number of imidazole rings is 1. The summed E-state index contributed by atoms with van der Waals surface area (Å²) in [6.45, 7) is 12.0. The van der Waals surface area contributed by atoms with Gasteiger partial charge in [0.15, 0.2) is 5.65 Å². The van der Waals surface area contributed by atoms with Crippen LogP contribution >= 0.6 is 0 Å². The minimum absolute atomic E-state index is 0.949. The van der Waals surface area contributed by atoms with E-state index in [-0.39, 0.29) is 0 Å². The van der Waals surface area contributed by atoms with Crippen molar-refractivity contribution in [3.63, 3.8) is 0 Å². The zero-order valence-electron chi connectivity index (χ0n) is 10.6. The number of hydrogen-bond donors (Lipinski definition) is 0. The van der Waals surface area contributed by atoms with Gasteiger partial charge in [0.05, 0.1) is 11.9 Å². The van der Waals surface area contributed by atoms with Crippen LogP contribution in [-0.2, 0) is 0 Å². The highest BCUT2D eigenvalue weighted by atomic mass is 15.2. The van der Waals surface area contributed by atoms with Crippen molar-refractivity contribution >= 4 is 5.65 Å². The second kappa shape index (κ2) is 6.98. The van der Waals surface area contributed by atoms with Crippen molar-refractivity contribution in [2.75, 3.05) is 0 Å². The normalized spacial score (nSPS) is 8.67. The number of aryl methyl sites for hydroxylation is 2. The zero-order chi connectivity index (χ0) is 11.8. The van der Waals surface area contributed by atoms with Crippen molar-refractivity contribution < 1.29 is 0 Å². The molecule has 0 atom stereocenters. The molecule has 2 aromatic heterocycles. The van der Waals surface area contributed by atoms with E-state index in [0.29, 0.717) is 0 Å². The van der Waals surface area contributed by atoms with E-state index in [1.54, 1.807) is 6.20 Å². The molecule has 0 saturated carbocycles. The first kappa shape index (κ1) is 13.6. The SMILES string of the molecule is CC.CC.Cc1ccnn2c(C)cnc12. The highest BCUT2D eigenvalue weighted by molar-refractivity contribution is 5.45. The Hall–Kier alpha value is -1.38. The van der Waals surface area contributed by atoms with E-state index in [2.05, 4.69) is 10.1 Å². The maximum Gasteiger partial charge on any atom is 0.156 e. The Labute approximate surface area is 92.2 Å². The van der Waals surface area contributed by atoms with Gasteiger partial charge in [-0.25, -0.2) is 9.50 Å². The quantitative estimate of drug-likeness (QED) is 0.662. The molecular weight excluding hydrogens is 186 g/mol. The van der Waals surface area contributed by atoms with E-state index in [4.69, 9.17) is 0 Å². The fourth-order valence-corrected chi connectivity index (χ4v) is 1.13. The predicted molar refractivity (Wildman–Crippen MR) is 65.2 cm³/mol. The second-order valence-electron chi connectivity index (χ2n) is 2.65. The number of hydrogen-bond acceptors (Lipinski definition) is 2. The molecular formula is C12H21N3. The molecule has 0 spiro atoms. The van der Waals surface area contributed by atoms with Crippen LogP contribution in [0.1, 0.15) is 39.0 Å². The Morgan fingerprint density at radius 3 is 2.20 bits per heavy atom. The minimum Gasteiger partial charge on any atom is -0.235 e. The van der Waals surface area contributed by atoms with Crippen LogP contribution in [0.3, 0.4) is 0 Å². The van der Waals surface area contributed by atoms with Crippen LogP contribution < -0.4 is 0 Å². The lowest BCUT2D eigenvalue weighted by Gasteiger charge is -1.95. The van der Waals surface area contributed by atoms with E-state index >= 15 is 0 Å². The Kier molecular flexibility index (Phi) is 6.34. The van der Waals surface area contributed by atoms with E-state index in [1.165, 1.54) is 0 Å². The van der Waals surface area contributed by atoms with Gasteiger partial charge in [-0.15, -0.1) is 0 Å². The summed E-state index contributed by atoms with van der Waals surface area (Å²) in [4.78, 5) is 4.22. The molecule has 0 aliphatic rings. The Morgan fingerprint density at radius 2 is 1.67 bits per heavy atom. The highest BCUT2D eigenvalue weighted by Crippen LogP contribution is 2.06. The Balaban J connectivity index is 0.000000442. The lowest BCUT2D eigenvalue weighted by molar-refractivity contribution is 0.893. The summed E-state index contributed by atoms with van der Waals surface area (Å²) in [7, 11) is 0. The Bertz CT molecular complexity index is 391. The fraction of sp³-hybridized carbons (Fsp3) is 0.500. The minimum atomic E-state index is 0.949. The maximum absolute atomic E-state index is 4.22. The van der Waals surface area contributed by atoms with Gasteiger partial charge in [0.25, 0.3) is 0 Å². The fourth-order valence-electron chi connectivity index (χ4n) is 1.13. The third-order valence-electron chi connectivity index (χ3n) is 1.77. The molecule has 0 N–H and O–H groups in total. The summed E-state index contributed by atoms with van der Waals surface area (Å²) in [5.41, 5.74) is 3.18. The van der Waals surface area contributed by atoms with Gasteiger partial charge in [0, 0.05) is 6.20 Å². The third kappa shape index (κ3) is 3.05. The topological polar surface area (TPSA) is 30.2 Å². The summed E-state index contributed by atoms with van der Waals surface area (Å²) < 4.78 is 1.84. The molecule has 0 fully saturated rings. The van der Waals surface area contributed by atoms with Crippen molar-refractivity contribution in [3.8, 4) is 0 Å². The van der Waals surface area contributed by atoms with Gasteiger partial charge < -0.3 is 0 Å². The summed E-state index contributed by atoms with van der Waals surface area (Å²) in [6.07, 6.45) is 3.62. The van der Waals surface area contributed by atoms with Crippen LogP contribution in [0.4, 0.5) is 0 Å². The molecule has 0 unspecified atom stereocenters. The average Bonchev–Trinajstić information content (AvgIpc) is 2.68. The predicted octanol–water partition coefficient (Wildman–Crippen LogP) is 3.40. The van der Waals surface area contributed by atoms with Crippen molar-refractivity contribution in [2.24, 2.45) is 0 Å². The first-order valence-electron chi connectivity index (χ1n) is 5.55. The van der Waals surface area contributed by atoms with E-state index in [0.717, 1.165) is 16.9 Å². The van der Waals surface area contributed by atoms with Crippen LogP contribution in [0, 0.1) is 13.8 Å². The summed E-state index contributed by atoms with van der Waals surface area (Å²) >= 11 is 0. The average molecular weight is 207 g/mol. The van der Waals surface area contributed by atoms with Crippen LogP contribution in [0.5, 0.6) is 0 Å². The molecule has 0 bridgehead atoms. The van der Waals surface area contributed by atoms with E-state index in [9.17, 15) is 0 Å². The lowest BCUT2D eigenvalue weighted by atomic mass is 10.3. The van der Waals surface area contributed by atoms with Crippen LogP contribution in [0.25, 0.3) is 5.65 Å². The molecule has 2 heterocycles. The monoisotopic (exact) mass is 207 g/mol. The van der Waals surface area contributed by atoms with Gasteiger partial charge in [-0.1, -0.05) is 27.7 Å². The van der Waals surface area contributed by atoms with Crippen LogP contribution in [-0.4, -0.2) is 14.6 Å². The molecule has 0 aliphatic heterocycles.